The van der Waals surface area contributed by atoms with Gasteiger partial charge in [-0.2, -0.15) is 5.10 Å². The predicted octanol–water partition coefficient (Wildman–Crippen LogP) is 2.97. The molecule has 0 aliphatic rings. The molecule has 0 bridgehead atoms. The second kappa shape index (κ2) is 11.3. The first-order valence-corrected chi connectivity index (χ1v) is 9.21. The van der Waals surface area contributed by atoms with Crippen molar-refractivity contribution in [3.05, 3.63) is 48.0 Å². The summed E-state index contributed by atoms with van der Waals surface area (Å²) in [7, 11) is 1.55. The van der Waals surface area contributed by atoms with E-state index in [1.807, 2.05) is 13.8 Å². The molecule has 8 nitrogen and oxygen atoms in total. The van der Waals surface area contributed by atoms with Crippen molar-refractivity contribution in [1.82, 2.24) is 5.43 Å². The van der Waals surface area contributed by atoms with Gasteiger partial charge in [-0.25, -0.2) is 5.43 Å². The topological polar surface area (TPSA) is 98.2 Å². The molecule has 0 fully saturated rings. The number of anilines is 1. The number of ether oxygens (including phenoxy) is 3. The van der Waals surface area contributed by atoms with E-state index < -0.39 is 11.8 Å². The maximum atomic E-state index is 12.0. The van der Waals surface area contributed by atoms with Gasteiger partial charge in [0.2, 0.25) is 11.8 Å². The number of rotatable bonds is 10. The van der Waals surface area contributed by atoms with Gasteiger partial charge in [0.1, 0.15) is 12.2 Å². The molecule has 0 aromatic heterocycles. The van der Waals surface area contributed by atoms with E-state index in [1.54, 1.807) is 49.6 Å². The average molecular weight is 399 g/mol. The molecule has 0 aliphatic carbocycles. The van der Waals surface area contributed by atoms with E-state index in [2.05, 4.69) is 15.8 Å². The van der Waals surface area contributed by atoms with Gasteiger partial charge in [0.15, 0.2) is 11.5 Å². The molecule has 2 rings (SSSR count). The number of nitrogens with zero attached hydrogens (tertiary/aromatic N) is 1. The average Bonchev–Trinajstić information content (AvgIpc) is 2.70. The lowest BCUT2D eigenvalue weighted by Crippen LogP contribution is -2.24. The minimum atomic E-state index is -0.525. The van der Waals surface area contributed by atoms with Crippen molar-refractivity contribution >= 4 is 23.7 Å². The maximum Gasteiger partial charge on any atom is 0.249 e. The number of hydrogen-bond acceptors (Lipinski definition) is 6. The van der Waals surface area contributed by atoms with E-state index in [-0.39, 0.29) is 6.42 Å². The number of carbonyl (C=O) groups is 2. The van der Waals surface area contributed by atoms with Crippen LogP contribution in [0.25, 0.3) is 0 Å². The minimum Gasteiger partial charge on any atom is -0.494 e. The number of carbonyl (C=O) groups excluding carboxylic acids is 2. The normalized spacial score (nSPS) is 10.4. The standard InChI is InChI=1S/C21H25N3O5/c1-4-28-17-9-7-16(8-10-17)23-20(25)13-21(26)24-22-14-15-6-11-18(29-5-2)19(12-15)27-3/h6-12,14H,4-5,13H2,1-3H3,(H,23,25)(H,24,26). The fourth-order valence-corrected chi connectivity index (χ4v) is 2.41. The molecule has 0 heterocycles. The fraction of sp³-hybridized carbons (Fsp3) is 0.286. The van der Waals surface area contributed by atoms with Crippen LogP contribution < -0.4 is 25.0 Å². The molecular formula is C21H25N3O5. The van der Waals surface area contributed by atoms with Crippen molar-refractivity contribution < 1.29 is 23.8 Å². The third kappa shape index (κ3) is 7.17. The van der Waals surface area contributed by atoms with Crippen molar-refractivity contribution in [2.24, 2.45) is 5.10 Å². The summed E-state index contributed by atoms with van der Waals surface area (Å²) in [5.41, 5.74) is 3.62. The Kier molecular flexibility index (Phi) is 8.50. The Morgan fingerprint density at radius 1 is 0.966 bits per heavy atom. The van der Waals surface area contributed by atoms with E-state index >= 15 is 0 Å². The summed E-state index contributed by atoms with van der Waals surface area (Å²) in [6.07, 6.45) is 1.11. The SMILES string of the molecule is CCOc1ccc(NC(=O)CC(=O)NN=Cc2ccc(OCC)c(OC)c2)cc1. The maximum absolute atomic E-state index is 12.0. The van der Waals surface area contributed by atoms with Gasteiger partial charge >= 0.3 is 0 Å². The van der Waals surface area contributed by atoms with Gasteiger partial charge in [0.25, 0.3) is 0 Å². The summed E-state index contributed by atoms with van der Waals surface area (Å²) in [4.78, 5) is 23.8. The number of methoxy groups -OCH3 is 1. The lowest BCUT2D eigenvalue weighted by Gasteiger charge is -2.09. The zero-order valence-electron chi connectivity index (χ0n) is 16.7. The van der Waals surface area contributed by atoms with Crippen LogP contribution in [0.3, 0.4) is 0 Å². The molecule has 0 saturated heterocycles. The minimum absolute atomic E-state index is 0.350. The lowest BCUT2D eigenvalue weighted by molar-refractivity contribution is -0.126. The molecule has 0 saturated carbocycles. The van der Waals surface area contributed by atoms with Crippen LogP contribution in [0.2, 0.25) is 0 Å². The third-order valence-electron chi connectivity index (χ3n) is 3.66. The highest BCUT2D eigenvalue weighted by Gasteiger charge is 2.09. The van der Waals surface area contributed by atoms with Crippen molar-refractivity contribution in [2.75, 3.05) is 25.6 Å². The lowest BCUT2D eigenvalue weighted by atomic mass is 10.2. The number of benzene rings is 2. The van der Waals surface area contributed by atoms with Crippen LogP contribution in [0.1, 0.15) is 25.8 Å². The van der Waals surface area contributed by atoms with Gasteiger partial charge in [-0.3, -0.25) is 9.59 Å². The molecule has 0 radical (unpaired) electrons. The Hall–Kier alpha value is -3.55. The first-order valence-electron chi connectivity index (χ1n) is 9.21. The van der Waals surface area contributed by atoms with Gasteiger partial charge in [0.05, 0.1) is 26.5 Å². The number of nitrogens with one attached hydrogen (secondary N) is 2. The zero-order valence-corrected chi connectivity index (χ0v) is 16.7. The first kappa shape index (κ1) is 21.7. The Morgan fingerprint density at radius 2 is 1.69 bits per heavy atom. The molecule has 0 unspecified atom stereocenters. The second-order valence-electron chi connectivity index (χ2n) is 5.82. The third-order valence-corrected chi connectivity index (χ3v) is 3.66. The van der Waals surface area contributed by atoms with Crippen LogP contribution in [0.15, 0.2) is 47.6 Å². The highest BCUT2D eigenvalue weighted by molar-refractivity contribution is 6.03. The van der Waals surface area contributed by atoms with Gasteiger partial charge in [0, 0.05) is 5.69 Å². The van der Waals surface area contributed by atoms with E-state index in [4.69, 9.17) is 14.2 Å². The Bertz CT molecular complexity index is 850. The molecule has 2 aromatic carbocycles. The van der Waals surface area contributed by atoms with Crippen LogP contribution in [-0.4, -0.2) is 38.4 Å². The Morgan fingerprint density at radius 3 is 2.34 bits per heavy atom. The van der Waals surface area contributed by atoms with Gasteiger partial charge in [-0.15, -0.1) is 0 Å². The van der Waals surface area contributed by atoms with Gasteiger partial charge in [-0.1, -0.05) is 0 Å². The van der Waals surface area contributed by atoms with E-state index in [1.165, 1.54) is 6.21 Å². The summed E-state index contributed by atoms with van der Waals surface area (Å²) in [5.74, 6) is 0.940. The van der Waals surface area contributed by atoms with E-state index in [0.717, 1.165) is 0 Å². The first-order chi connectivity index (χ1) is 14.0. The zero-order chi connectivity index (χ0) is 21.1. The van der Waals surface area contributed by atoms with E-state index in [9.17, 15) is 9.59 Å². The molecule has 8 heteroatoms. The monoisotopic (exact) mass is 399 g/mol. The van der Waals surface area contributed by atoms with Crippen molar-refractivity contribution in [1.29, 1.82) is 0 Å². The van der Waals surface area contributed by atoms with Crippen LogP contribution in [-0.2, 0) is 9.59 Å². The van der Waals surface area contributed by atoms with Crippen LogP contribution in [0, 0.1) is 0 Å². The highest BCUT2D eigenvalue weighted by Crippen LogP contribution is 2.27. The fourth-order valence-electron chi connectivity index (χ4n) is 2.41. The Labute approximate surface area is 169 Å². The van der Waals surface area contributed by atoms with Crippen LogP contribution >= 0.6 is 0 Å². The predicted molar refractivity (Wildman–Crippen MR) is 111 cm³/mol. The molecular weight excluding hydrogens is 374 g/mol. The number of hydrogen-bond donors (Lipinski definition) is 2. The summed E-state index contributed by atoms with van der Waals surface area (Å²) in [5, 5.41) is 6.51. The van der Waals surface area contributed by atoms with Crippen molar-refractivity contribution in [3.8, 4) is 17.2 Å². The molecule has 29 heavy (non-hydrogen) atoms. The number of amides is 2. The van der Waals surface area contributed by atoms with Gasteiger partial charge < -0.3 is 19.5 Å². The number of hydrazone groups is 1. The molecule has 2 aromatic rings. The molecule has 0 spiro atoms. The second-order valence-corrected chi connectivity index (χ2v) is 5.82. The smallest absolute Gasteiger partial charge is 0.249 e. The quantitative estimate of drug-likeness (QED) is 0.364. The van der Waals surface area contributed by atoms with Crippen LogP contribution in [0.5, 0.6) is 17.2 Å². The molecule has 0 atom stereocenters. The highest BCUT2D eigenvalue weighted by atomic mass is 16.5. The largest absolute Gasteiger partial charge is 0.494 e. The summed E-state index contributed by atoms with van der Waals surface area (Å²) in [6, 6.07) is 12.2. The van der Waals surface area contributed by atoms with Crippen molar-refractivity contribution in [3.63, 3.8) is 0 Å². The molecule has 0 aliphatic heterocycles. The molecule has 2 N–H and O–H groups in total. The molecule has 154 valence electrons. The summed E-state index contributed by atoms with van der Waals surface area (Å²) < 4.78 is 16.0. The van der Waals surface area contributed by atoms with E-state index in [0.29, 0.717) is 41.7 Å². The summed E-state index contributed by atoms with van der Waals surface area (Å²) >= 11 is 0. The van der Waals surface area contributed by atoms with Gasteiger partial charge in [-0.05, 0) is 61.9 Å². The summed E-state index contributed by atoms with van der Waals surface area (Å²) in [6.45, 7) is 4.87. The Balaban J connectivity index is 1.83. The molecule has 2 amide bonds. The van der Waals surface area contributed by atoms with Crippen molar-refractivity contribution in [2.45, 2.75) is 20.3 Å². The van der Waals surface area contributed by atoms with Crippen LogP contribution in [0.4, 0.5) is 5.69 Å².